The van der Waals surface area contributed by atoms with Crippen LogP contribution in [0, 0.1) is 41.0 Å². The van der Waals surface area contributed by atoms with Gasteiger partial charge in [-0.3, -0.25) is 25.0 Å². The number of rotatable bonds is 6. The third-order valence-corrected chi connectivity index (χ3v) is 4.40. The first-order valence-electron chi connectivity index (χ1n) is 9.08. The lowest BCUT2D eigenvalue weighted by Crippen LogP contribution is -2.14. The number of hydrogen-bond donors (Lipinski definition) is 2. The summed E-state index contributed by atoms with van der Waals surface area (Å²) < 4.78 is 0. The van der Waals surface area contributed by atoms with Crippen LogP contribution in [0.25, 0.3) is 0 Å². The summed E-state index contributed by atoms with van der Waals surface area (Å²) in [5.41, 5.74) is 1.60. The van der Waals surface area contributed by atoms with Crippen molar-refractivity contribution in [2.24, 2.45) is 0 Å². The summed E-state index contributed by atoms with van der Waals surface area (Å²) in [5.74, 6) is -0.253. The SMILES string of the molecule is Cc1cc(C)nc(Nc2ccc(NC(=O)c3cc([N+](=O)[O-])cc([N+](=O)[O-])c3C)cc2)n1. The summed E-state index contributed by atoms with van der Waals surface area (Å²) in [4.78, 5) is 42.0. The van der Waals surface area contributed by atoms with Gasteiger partial charge >= 0.3 is 0 Å². The van der Waals surface area contributed by atoms with Gasteiger partial charge in [0, 0.05) is 34.4 Å². The second-order valence-electron chi connectivity index (χ2n) is 6.78. The van der Waals surface area contributed by atoms with E-state index in [2.05, 4.69) is 20.6 Å². The quantitative estimate of drug-likeness (QED) is 0.442. The van der Waals surface area contributed by atoms with Crippen LogP contribution in [-0.2, 0) is 0 Å². The number of carbonyl (C=O) groups excluding carboxylic acids is 1. The van der Waals surface area contributed by atoms with Gasteiger partial charge in [-0.15, -0.1) is 0 Å². The van der Waals surface area contributed by atoms with Crippen molar-refractivity contribution in [2.75, 3.05) is 10.6 Å². The molecule has 0 fully saturated rings. The molecule has 0 saturated carbocycles. The third kappa shape index (κ3) is 4.96. The summed E-state index contributed by atoms with van der Waals surface area (Å²) >= 11 is 0. The summed E-state index contributed by atoms with van der Waals surface area (Å²) in [5, 5.41) is 27.9. The van der Waals surface area contributed by atoms with E-state index in [0.717, 1.165) is 23.5 Å². The van der Waals surface area contributed by atoms with Crippen LogP contribution in [0.1, 0.15) is 27.3 Å². The second-order valence-corrected chi connectivity index (χ2v) is 6.78. The van der Waals surface area contributed by atoms with Crippen molar-refractivity contribution in [2.45, 2.75) is 20.8 Å². The molecule has 158 valence electrons. The van der Waals surface area contributed by atoms with E-state index >= 15 is 0 Å². The van der Waals surface area contributed by atoms with Gasteiger partial charge in [0.15, 0.2) is 0 Å². The maximum Gasteiger partial charge on any atom is 0.279 e. The minimum atomic E-state index is -0.779. The van der Waals surface area contributed by atoms with Gasteiger partial charge in [-0.05, 0) is 51.1 Å². The predicted octanol–water partition coefficient (Wildman–Crippen LogP) is 4.21. The highest BCUT2D eigenvalue weighted by atomic mass is 16.6. The van der Waals surface area contributed by atoms with Crippen LogP contribution in [0.3, 0.4) is 0 Å². The van der Waals surface area contributed by atoms with E-state index in [-0.39, 0.29) is 11.1 Å². The van der Waals surface area contributed by atoms with Crippen LogP contribution >= 0.6 is 0 Å². The third-order valence-electron chi connectivity index (χ3n) is 4.40. The van der Waals surface area contributed by atoms with Crippen molar-refractivity contribution >= 4 is 34.6 Å². The Morgan fingerprint density at radius 3 is 2.00 bits per heavy atom. The van der Waals surface area contributed by atoms with Crippen LogP contribution in [0.2, 0.25) is 0 Å². The lowest BCUT2D eigenvalue weighted by atomic mass is 10.0. The first-order valence-corrected chi connectivity index (χ1v) is 9.08. The number of anilines is 3. The van der Waals surface area contributed by atoms with E-state index in [1.807, 2.05) is 19.9 Å². The number of nitrogens with one attached hydrogen (secondary N) is 2. The molecule has 1 heterocycles. The Kier molecular flexibility index (Phi) is 5.86. The summed E-state index contributed by atoms with van der Waals surface area (Å²) in [6, 6.07) is 10.3. The number of aryl methyl sites for hydroxylation is 2. The molecule has 0 spiro atoms. The molecule has 11 heteroatoms. The summed E-state index contributed by atoms with van der Waals surface area (Å²) in [6.45, 7) is 5.09. The van der Waals surface area contributed by atoms with E-state index in [0.29, 0.717) is 17.3 Å². The van der Waals surface area contributed by atoms with Gasteiger partial charge in [-0.2, -0.15) is 0 Å². The highest BCUT2D eigenvalue weighted by Gasteiger charge is 2.24. The van der Waals surface area contributed by atoms with E-state index in [1.165, 1.54) is 6.92 Å². The molecule has 0 radical (unpaired) electrons. The van der Waals surface area contributed by atoms with E-state index in [1.54, 1.807) is 24.3 Å². The molecule has 0 aliphatic carbocycles. The van der Waals surface area contributed by atoms with Crippen molar-refractivity contribution in [3.63, 3.8) is 0 Å². The molecule has 0 aliphatic heterocycles. The van der Waals surface area contributed by atoms with Gasteiger partial charge in [0.2, 0.25) is 5.95 Å². The van der Waals surface area contributed by atoms with Gasteiger partial charge in [0.05, 0.1) is 21.5 Å². The zero-order chi connectivity index (χ0) is 22.7. The highest BCUT2D eigenvalue weighted by molar-refractivity contribution is 6.06. The summed E-state index contributed by atoms with van der Waals surface area (Å²) in [7, 11) is 0. The second kappa shape index (κ2) is 8.53. The van der Waals surface area contributed by atoms with E-state index in [4.69, 9.17) is 0 Å². The van der Waals surface area contributed by atoms with Crippen molar-refractivity contribution in [3.05, 3.63) is 85.2 Å². The monoisotopic (exact) mass is 422 g/mol. The van der Waals surface area contributed by atoms with Gasteiger partial charge < -0.3 is 10.6 Å². The number of benzene rings is 2. The molecule has 0 saturated heterocycles. The minimum absolute atomic E-state index is 0.0401. The first-order chi connectivity index (χ1) is 14.6. The summed E-state index contributed by atoms with van der Waals surface area (Å²) in [6.07, 6.45) is 0. The van der Waals surface area contributed by atoms with Crippen LogP contribution < -0.4 is 10.6 Å². The van der Waals surface area contributed by atoms with Crippen LogP contribution in [0.15, 0.2) is 42.5 Å². The van der Waals surface area contributed by atoms with Crippen molar-refractivity contribution in [3.8, 4) is 0 Å². The molecule has 0 atom stereocenters. The predicted molar refractivity (Wildman–Crippen MR) is 114 cm³/mol. The Balaban J connectivity index is 1.81. The average molecular weight is 422 g/mol. The molecule has 0 aliphatic rings. The number of hydrogen-bond acceptors (Lipinski definition) is 8. The van der Waals surface area contributed by atoms with Gasteiger partial charge in [0.1, 0.15) is 0 Å². The molecule has 0 unspecified atom stereocenters. The molecular weight excluding hydrogens is 404 g/mol. The van der Waals surface area contributed by atoms with Crippen LogP contribution in [0.5, 0.6) is 0 Å². The molecule has 3 rings (SSSR count). The number of aromatic nitrogens is 2. The number of nitro groups is 2. The molecule has 2 N–H and O–H groups in total. The van der Waals surface area contributed by atoms with Gasteiger partial charge in [-0.25, -0.2) is 9.97 Å². The zero-order valence-corrected chi connectivity index (χ0v) is 16.9. The Labute approximate surface area is 176 Å². The van der Waals surface area contributed by atoms with Gasteiger partial charge in [0.25, 0.3) is 17.3 Å². The molecule has 1 aromatic heterocycles. The molecule has 31 heavy (non-hydrogen) atoms. The number of nitro benzene ring substituents is 2. The first kappa shape index (κ1) is 21.3. The molecular formula is C20H18N6O5. The van der Waals surface area contributed by atoms with E-state index in [9.17, 15) is 25.0 Å². The average Bonchev–Trinajstić information content (AvgIpc) is 2.68. The lowest BCUT2D eigenvalue weighted by Gasteiger charge is -2.10. The Hall–Kier alpha value is -4.41. The van der Waals surface area contributed by atoms with E-state index < -0.39 is 27.1 Å². The maximum atomic E-state index is 12.6. The Morgan fingerprint density at radius 2 is 1.45 bits per heavy atom. The molecule has 0 bridgehead atoms. The topological polar surface area (TPSA) is 153 Å². The molecule has 1 amide bonds. The molecule has 3 aromatic rings. The van der Waals surface area contributed by atoms with Crippen LogP contribution in [0.4, 0.5) is 28.7 Å². The number of carbonyl (C=O) groups is 1. The van der Waals surface area contributed by atoms with Crippen LogP contribution in [-0.4, -0.2) is 25.7 Å². The normalized spacial score (nSPS) is 10.4. The van der Waals surface area contributed by atoms with Gasteiger partial charge in [-0.1, -0.05) is 0 Å². The van der Waals surface area contributed by atoms with Crippen molar-refractivity contribution in [1.29, 1.82) is 0 Å². The highest BCUT2D eigenvalue weighted by Crippen LogP contribution is 2.28. The Morgan fingerprint density at radius 1 is 0.871 bits per heavy atom. The minimum Gasteiger partial charge on any atom is -0.324 e. The van der Waals surface area contributed by atoms with Crippen molar-refractivity contribution < 1.29 is 14.6 Å². The fraction of sp³-hybridized carbons (Fsp3) is 0.150. The fourth-order valence-corrected chi connectivity index (χ4v) is 2.96. The number of amides is 1. The molecule has 2 aromatic carbocycles. The zero-order valence-electron chi connectivity index (χ0n) is 16.9. The maximum absolute atomic E-state index is 12.6. The smallest absolute Gasteiger partial charge is 0.279 e. The van der Waals surface area contributed by atoms with Crippen molar-refractivity contribution in [1.82, 2.24) is 9.97 Å². The number of non-ortho nitro benzene ring substituents is 1. The standard InChI is InChI=1S/C20H18N6O5/c1-11-8-12(2)22-20(21-11)24-15-6-4-14(5-7-15)23-19(27)17-9-16(25(28)29)10-18(13(17)3)26(30)31/h4-10H,1-3H3,(H,23,27)(H,21,22,24). The number of nitrogens with zero attached hydrogens (tertiary/aromatic N) is 4. The Bertz CT molecular complexity index is 1170. The largest absolute Gasteiger partial charge is 0.324 e. The molecule has 11 nitrogen and oxygen atoms in total. The lowest BCUT2D eigenvalue weighted by molar-refractivity contribution is -0.394. The fourth-order valence-electron chi connectivity index (χ4n) is 2.96.